The van der Waals surface area contributed by atoms with Gasteiger partial charge in [-0.2, -0.15) is 0 Å². The molecule has 0 spiro atoms. The van der Waals surface area contributed by atoms with Gasteiger partial charge >= 0.3 is 6.03 Å². The van der Waals surface area contributed by atoms with Crippen LogP contribution in [0.1, 0.15) is 19.4 Å². The molecule has 0 aliphatic rings. The van der Waals surface area contributed by atoms with E-state index in [0.717, 1.165) is 22.6 Å². The Bertz CT molecular complexity index is 1050. The van der Waals surface area contributed by atoms with Crippen LogP contribution in [0.2, 0.25) is 0 Å². The van der Waals surface area contributed by atoms with E-state index in [4.69, 9.17) is 4.74 Å². The first-order valence-electron chi connectivity index (χ1n) is 9.77. The number of ether oxygens (including phenoxy) is 1. The zero-order valence-electron chi connectivity index (χ0n) is 17.9. The molecule has 3 rings (SSSR count). The normalized spacial score (nSPS) is 10.7. The van der Waals surface area contributed by atoms with E-state index in [2.05, 4.69) is 20.8 Å². The van der Waals surface area contributed by atoms with Crippen molar-refractivity contribution in [3.8, 4) is 22.8 Å². The second-order valence-corrected chi connectivity index (χ2v) is 8.11. The number of benzene rings is 2. The molecule has 3 amide bonds. The number of carbonyl (C=O) groups excluding carboxylic acids is 2. The molecule has 0 radical (unpaired) electrons. The van der Waals surface area contributed by atoms with Gasteiger partial charge in [-0.15, -0.1) is 10.2 Å². The van der Waals surface area contributed by atoms with Gasteiger partial charge in [0, 0.05) is 17.3 Å². The van der Waals surface area contributed by atoms with E-state index in [9.17, 15) is 9.59 Å². The maximum atomic E-state index is 12.2. The molecule has 2 aromatic carbocycles. The fourth-order valence-corrected chi connectivity index (χ4v) is 3.56. The minimum Gasteiger partial charge on any atom is -0.497 e. The first kappa shape index (κ1) is 22.4. The molecule has 31 heavy (non-hydrogen) atoms. The van der Waals surface area contributed by atoms with Crippen LogP contribution in [0.15, 0.2) is 53.7 Å². The first-order valence-corrected chi connectivity index (χ1v) is 10.8. The molecule has 1 heterocycles. The van der Waals surface area contributed by atoms with Crippen LogP contribution in [0.4, 0.5) is 4.79 Å². The van der Waals surface area contributed by atoms with Gasteiger partial charge in [0.15, 0.2) is 11.0 Å². The van der Waals surface area contributed by atoms with Crippen molar-refractivity contribution in [3.63, 3.8) is 0 Å². The molecule has 1 aromatic heterocycles. The number of nitrogens with zero attached hydrogens (tertiary/aromatic N) is 3. The van der Waals surface area contributed by atoms with Gasteiger partial charge < -0.3 is 10.1 Å². The molecular weight excluding hydrogens is 414 g/mol. The number of rotatable bonds is 7. The number of aryl methyl sites for hydroxylation is 1. The highest BCUT2D eigenvalue weighted by Crippen LogP contribution is 2.29. The number of nitrogens with one attached hydrogen (secondary N) is 2. The highest BCUT2D eigenvalue weighted by atomic mass is 32.2. The molecule has 0 bridgehead atoms. The molecular formula is C22H25N5O3S. The Morgan fingerprint density at radius 1 is 1.06 bits per heavy atom. The van der Waals surface area contributed by atoms with Gasteiger partial charge in [-0.25, -0.2) is 4.79 Å². The van der Waals surface area contributed by atoms with Crippen LogP contribution in [0.5, 0.6) is 5.75 Å². The van der Waals surface area contributed by atoms with Gasteiger partial charge in [-0.3, -0.25) is 14.7 Å². The number of hydrogen-bond donors (Lipinski definition) is 2. The van der Waals surface area contributed by atoms with Crippen LogP contribution in [0.3, 0.4) is 0 Å². The first-order chi connectivity index (χ1) is 14.9. The van der Waals surface area contributed by atoms with Crippen LogP contribution in [0.25, 0.3) is 17.1 Å². The lowest BCUT2D eigenvalue weighted by molar-refractivity contribution is -0.117. The Morgan fingerprint density at radius 3 is 2.35 bits per heavy atom. The molecule has 0 saturated carbocycles. The van der Waals surface area contributed by atoms with Gasteiger partial charge in [-0.05, 0) is 57.2 Å². The molecule has 0 unspecified atom stereocenters. The summed E-state index contributed by atoms with van der Waals surface area (Å²) in [6.07, 6.45) is 0. The molecule has 0 aliphatic carbocycles. The lowest BCUT2D eigenvalue weighted by Gasteiger charge is -2.11. The van der Waals surface area contributed by atoms with Crippen LogP contribution >= 0.6 is 11.8 Å². The smallest absolute Gasteiger partial charge is 0.321 e. The minimum atomic E-state index is -0.514. The number of imide groups is 1. The topological polar surface area (TPSA) is 98.1 Å². The van der Waals surface area contributed by atoms with E-state index in [1.165, 1.54) is 11.8 Å². The predicted octanol–water partition coefficient (Wildman–Crippen LogP) is 3.58. The Hall–Kier alpha value is -3.33. The summed E-state index contributed by atoms with van der Waals surface area (Å²) in [6.45, 7) is 5.66. The molecule has 0 saturated heterocycles. The summed E-state index contributed by atoms with van der Waals surface area (Å²) < 4.78 is 7.13. The van der Waals surface area contributed by atoms with Crippen molar-refractivity contribution in [1.29, 1.82) is 0 Å². The second-order valence-electron chi connectivity index (χ2n) is 7.17. The van der Waals surface area contributed by atoms with Crippen LogP contribution in [-0.2, 0) is 4.79 Å². The zero-order valence-corrected chi connectivity index (χ0v) is 18.7. The lowest BCUT2D eigenvalue weighted by atomic mass is 10.2. The average Bonchev–Trinajstić information content (AvgIpc) is 3.16. The average molecular weight is 440 g/mol. The summed E-state index contributed by atoms with van der Waals surface area (Å²) >= 11 is 1.21. The third-order valence-corrected chi connectivity index (χ3v) is 5.21. The Labute approximate surface area is 185 Å². The molecule has 0 atom stereocenters. The Morgan fingerprint density at radius 2 is 1.74 bits per heavy atom. The van der Waals surface area contributed by atoms with E-state index in [1.54, 1.807) is 7.11 Å². The van der Waals surface area contributed by atoms with Gasteiger partial charge in [0.25, 0.3) is 0 Å². The molecule has 8 nitrogen and oxygen atoms in total. The van der Waals surface area contributed by atoms with Crippen molar-refractivity contribution >= 4 is 23.7 Å². The molecule has 0 aliphatic heterocycles. The maximum Gasteiger partial charge on any atom is 0.321 e. The highest BCUT2D eigenvalue weighted by Gasteiger charge is 2.18. The zero-order chi connectivity index (χ0) is 22.4. The third-order valence-electron chi connectivity index (χ3n) is 4.28. The number of amides is 3. The molecule has 0 fully saturated rings. The summed E-state index contributed by atoms with van der Waals surface area (Å²) in [5, 5.41) is 14.2. The number of urea groups is 1. The van der Waals surface area contributed by atoms with Gasteiger partial charge in [0.2, 0.25) is 5.91 Å². The fourth-order valence-electron chi connectivity index (χ4n) is 2.81. The van der Waals surface area contributed by atoms with E-state index < -0.39 is 11.9 Å². The van der Waals surface area contributed by atoms with Gasteiger partial charge in [0.05, 0.1) is 12.9 Å². The number of thioether (sulfide) groups is 1. The number of aromatic nitrogens is 3. The van der Waals surface area contributed by atoms with Gasteiger partial charge in [-0.1, -0.05) is 29.5 Å². The Balaban J connectivity index is 1.86. The standard InChI is InChI=1S/C22H25N5O3S/c1-14(2)23-21(29)24-19(28)13-31-22-26-25-20(16-7-11-18(30-4)12-8-16)27(22)17-9-5-15(3)6-10-17/h5-12,14H,13H2,1-4H3,(H2,23,24,28,29). The monoisotopic (exact) mass is 439 g/mol. The molecule has 9 heteroatoms. The van der Waals surface area contributed by atoms with Crippen LogP contribution < -0.4 is 15.4 Å². The van der Waals surface area contributed by atoms with Crippen molar-refractivity contribution in [2.45, 2.75) is 32.0 Å². The predicted molar refractivity (Wildman–Crippen MR) is 121 cm³/mol. The number of carbonyl (C=O) groups is 2. The van der Waals surface area contributed by atoms with Crippen molar-refractivity contribution in [2.24, 2.45) is 0 Å². The summed E-state index contributed by atoms with van der Waals surface area (Å²) in [4.78, 5) is 23.9. The van der Waals surface area contributed by atoms with Gasteiger partial charge in [0.1, 0.15) is 5.75 Å². The molecule has 162 valence electrons. The maximum absolute atomic E-state index is 12.2. The SMILES string of the molecule is COc1ccc(-c2nnc(SCC(=O)NC(=O)NC(C)C)n2-c2ccc(C)cc2)cc1. The van der Waals surface area contributed by atoms with E-state index in [1.807, 2.05) is 73.9 Å². The van der Waals surface area contributed by atoms with E-state index >= 15 is 0 Å². The third kappa shape index (κ3) is 5.85. The minimum absolute atomic E-state index is 0.0259. The largest absolute Gasteiger partial charge is 0.497 e. The van der Waals surface area contributed by atoms with Crippen molar-refractivity contribution in [2.75, 3.05) is 12.9 Å². The summed E-state index contributed by atoms with van der Waals surface area (Å²) in [7, 11) is 1.62. The summed E-state index contributed by atoms with van der Waals surface area (Å²) in [6, 6.07) is 14.9. The number of hydrogen-bond acceptors (Lipinski definition) is 6. The lowest BCUT2D eigenvalue weighted by Crippen LogP contribution is -2.43. The van der Waals surface area contributed by atoms with Crippen molar-refractivity contribution < 1.29 is 14.3 Å². The quantitative estimate of drug-likeness (QED) is 0.546. The van der Waals surface area contributed by atoms with Crippen molar-refractivity contribution in [1.82, 2.24) is 25.4 Å². The second kappa shape index (κ2) is 10.1. The van der Waals surface area contributed by atoms with Crippen LogP contribution in [-0.4, -0.2) is 45.6 Å². The fraction of sp³-hybridized carbons (Fsp3) is 0.273. The summed E-state index contributed by atoms with van der Waals surface area (Å²) in [5.41, 5.74) is 2.87. The van der Waals surface area contributed by atoms with Crippen LogP contribution in [0, 0.1) is 6.92 Å². The van der Waals surface area contributed by atoms with E-state index in [-0.39, 0.29) is 11.8 Å². The molecule has 2 N–H and O–H groups in total. The van der Waals surface area contributed by atoms with E-state index in [0.29, 0.717) is 11.0 Å². The number of methoxy groups -OCH3 is 1. The summed E-state index contributed by atoms with van der Waals surface area (Å²) in [5.74, 6) is 1.01. The molecule has 3 aromatic rings. The highest BCUT2D eigenvalue weighted by molar-refractivity contribution is 7.99. The Kier molecular flexibility index (Phi) is 7.30. The van der Waals surface area contributed by atoms with Crippen molar-refractivity contribution in [3.05, 3.63) is 54.1 Å².